The Kier molecular flexibility index (Phi) is 3.30. The third kappa shape index (κ3) is 4.74. The lowest BCUT2D eigenvalue weighted by Gasteiger charge is -1.86. The van der Waals surface area contributed by atoms with Crippen LogP contribution in [0, 0.1) is 10.1 Å². The van der Waals surface area contributed by atoms with Crippen LogP contribution >= 0.6 is 0 Å². The van der Waals surface area contributed by atoms with Crippen molar-refractivity contribution in [3.05, 3.63) is 22.5 Å². The lowest BCUT2D eigenvalue weighted by atomic mass is 10.7. The highest BCUT2D eigenvalue weighted by Gasteiger charge is 1.86. The molecular weight excluding hydrogens is 114 g/mol. The Labute approximate surface area is 45.3 Å². The van der Waals surface area contributed by atoms with Crippen molar-refractivity contribution in [3.63, 3.8) is 0 Å². The van der Waals surface area contributed by atoms with Crippen LogP contribution in [0.15, 0.2) is 12.3 Å². The first-order valence-corrected chi connectivity index (χ1v) is 1.84. The molecular formula is C3H5NO4. The highest BCUT2D eigenvalue weighted by molar-refractivity contribution is 4.68. The quantitative estimate of drug-likeness (QED) is 0.328. The van der Waals surface area contributed by atoms with E-state index in [9.17, 15) is 10.1 Å². The molecule has 0 bridgehead atoms. The molecule has 0 aliphatic rings. The Bertz CT molecular complexity index is 99.5. The van der Waals surface area contributed by atoms with Gasteiger partial charge < -0.3 is 9.94 Å². The second-order valence-corrected chi connectivity index (χ2v) is 0.904. The maximum Gasteiger partial charge on any atom is 0.294 e. The monoisotopic (exact) mass is 119 g/mol. The first kappa shape index (κ1) is 6.74. The van der Waals surface area contributed by atoms with Gasteiger partial charge in [-0.3, -0.25) is 0 Å². The van der Waals surface area contributed by atoms with E-state index in [1.54, 1.807) is 0 Å². The summed E-state index contributed by atoms with van der Waals surface area (Å²) in [5.41, 5.74) is 0. The number of nitrogens with zero attached hydrogens (tertiary/aromatic N) is 1. The summed E-state index contributed by atoms with van der Waals surface area (Å²) in [4.78, 5) is 13.1. The molecule has 0 aromatic rings. The second kappa shape index (κ2) is 3.91. The van der Waals surface area contributed by atoms with E-state index in [0.29, 0.717) is 6.26 Å². The normalized spacial score (nSPS) is 9.50. The van der Waals surface area contributed by atoms with Crippen LogP contribution in [0.1, 0.15) is 0 Å². The molecule has 0 aromatic carbocycles. The van der Waals surface area contributed by atoms with Crippen molar-refractivity contribution < 1.29 is 15.0 Å². The first-order valence-electron chi connectivity index (χ1n) is 1.84. The smallest absolute Gasteiger partial charge is 0.294 e. The summed E-state index contributed by atoms with van der Waals surface area (Å²) >= 11 is 0. The second-order valence-electron chi connectivity index (χ2n) is 0.904. The molecule has 5 nitrogen and oxygen atoms in total. The Morgan fingerprint density at radius 1 is 1.88 bits per heavy atom. The van der Waals surface area contributed by atoms with E-state index in [1.165, 1.54) is 0 Å². The van der Waals surface area contributed by atoms with E-state index in [4.69, 9.17) is 5.11 Å². The molecule has 0 radical (unpaired) electrons. The number of hydrogen-bond acceptors (Lipinski definition) is 4. The largest absolute Gasteiger partial charge is 0.516 e. The highest BCUT2D eigenvalue weighted by atomic mass is 16.9. The molecule has 1 N–H and O–H groups in total. The minimum Gasteiger partial charge on any atom is -0.516 e. The molecule has 5 heteroatoms. The zero-order chi connectivity index (χ0) is 6.41. The standard InChI is InChI=1S/C3H5NO4/c5-2-1-3-8-4(6)7/h1-2,5H,3H2. The van der Waals surface area contributed by atoms with E-state index in [1.807, 2.05) is 0 Å². The summed E-state index contributed by atoms with van der Waals surface area (Å²) in [6.45, 7) is -0.205. The third-order valence-corrected chi connectivity index (χ3v) is 0.382. The van der Waals surface area contributed by atoms with E-state index in [0.717, 1.165) is 6.08 Å². The molecule has 0 spiro atoms. The van der Waals surface area contributed by atoms with Crippen molar-refractivity contribution in [2.75, 3.05) is 6.61 Å². The van der Waals surface area contributed by atoms with Crippen molar-refractivity contribution in [1.82, 2.24) is 0 Å². The molecule has 0 aliphatic heterocycles. The van der Waals surface area contributed by atoms with Gasteiger partial charge in [0.2, 0.25) is 0 Å². The fourth-order valence-corrected chi connectivity index (χ4v) is 0.147. The number of aliphatic hydroxyl groups excluding tert-OH is 1. The molecule has 0 heterocycles. The topological polar surface area (TPSA) is 72.6 Å². The van der Waals surface area contributed by atoms with Gasteiger partial charge in [0.25, 0.3) is 5.09 Å². The summed E-state index contributed by atoms with van der Waals surface area (Å²) in [7, 11) is 0. The maximum atomic E-state index is 9.34. The summed E-state index contributed by atoms with van der Waals surface area (Å²) in [5.74, 6) is 0. The van der Waals surface area contributed by atoms with Crippen molar-refractivity contribution in [3.8, 4) is 0 Å². The Morgan fingerprint density at radius 3 is 2.88 bits per heavy atom. The average Bonchev–Trinajstić information content (AvgIpc) is 1.66. The number of hydrogen-bond donors (Lipinski definition) is 1. The fraction of sp³-hybridized carbons (Fsp3) is 0.333. The van der Waals surface area contributed by atoms with Gasteiger partial charge in [0.15, 0.2) is 0 Å². The fourth-order valence-electron chi connectivity index (χ4n) is 0.147. The Morgan fingerprint density at radius 2 is 2.50 bits per heavy atom. The van der Waals surface area contributed by atoms with Gasteiger partial charge in [-0.25, -0.2) is 0 Å². The van der Waals surface area contributed by atoms with Gasteiger partial charge in [0, 0.05) is 0 Å². The zero-order valence-corrected chi connectivity index (χ0v) is 3.98. The van der Waals surface area contributed by atoms with Gasteiger partial charge in [0.05, 0.1) is 6.26 Å². The Hall–Kier alpha value is -1.26. The van der Waals surface area contributed by atoms with E-state index in [2.05, 4.69) is 4.84 Å². The zero-order valence-electron chi connectivity index (χ0n) is 3.98. The molecule has 46 valence electrons. The van der Waals surface area contributed by atoms with Crippen molar-refractivity contribution in [2.45, 2.75) is 0 Å². The molecule has 0 unspecified atom stereocenters. The van der Waals surface area contributed by atoms with Crippen LogP contribution in [0.3, 0.4) is 0 Å². The third-order valence-electron chi connectivity index (χ3n) is 0.382. The molecule has 0 atom stereocenters. The van der Waals surface area contributed by atoms with Crippen LogP contribution in [-0.2, 0) is 4.84 Å². The Balaban J connectivity index is 3.05. The predicted molar refractivity (Wildman–Crippen MR) is 24.7 cm³/mol. The minimum absolute atomic E-state index is 0.205. The predicted octanol–water partition coefficient (Wildman–Crippen LogP) is 0.266. The highest BCUT2D eigenvalue weighted by Crippen LogP contribution is 1.74. The SMILES string of the molecule is O=[N+]([O-])OCC=CO. The van der Waals surface area contributed by atoms with Crippen LogP contribution in [0.2, 0.25) is 0 Å². The van der Waals surface area contributed by atoms with Gasteiger partial charge in [-0.05, 0) is 6.08 Å². The first-order chi connectivity index (χ1) is 3.77. The van der Waals surface area contributed by atoms with Crippen molar-refractivity contribution in [2.24, 2.45) is 0 Å². The molecule has 0 aromatic heterocycles. The molecule has 0 rings (SSSR count). The molecule has 0 saturated carbocycles. The van der Waals surface area contributed by atoms with Crippen LogP contribution in [0.4, 0.5) is 0 Å². The van der Waals surface area contributed by atoms with Gasteiger partial charge in [-0.1, -0.05) is 0 Å². The maximum absolute atomic E-state index is 9.34. The van der Waals surface area contributed by atoms with Gasteiger partial charge in [-0.15, -0.1) is 10.1 Å². The molecule has 0 amide bonds. The van der Waals surface area contributed by atoms with Crippen molar-refractivity contribution in [1.29, 1.82) is 0 Å². The molecule has 0 aliphatic carbocycles. The van der Waals surface area contributed by atoms with Gasteiger partial charge in [0.1, 0.15) is 6.61 Å². The summed E-state index contributed by atoms with van der Waals surface area (Å²) in [6, 6.07) is 0. The van der Waals surface area contributed by atoms with Gasteiger partial charge >= 0.3 is 0 Å². The van der Waals surface area contributed by atoms with Gasteiger partial charge in [-0.2, -0.15) is 0 Å². The number of aliphatic hydroxyl groups is 1. The number of rotatable bonds is 3. The average molecular weight is 119 g/mol. The summed E-state index contributed by atoms with van der Waals surface area (Å²) in [5, 5.41) is 16.3. The van der Waals surface area contributed by atoms with E-state index < -0.39 is 5.09 Å². The van der Waals surface area contributed by atoms with E-state index in [-0.39, 0.29) is 6.61 Å². The summed E-state index contributed by atoms with van der Waals surface area (Å²) < 4.78 is 0. The van der Waals surface area contributed by atoms with E-state index >= 15 is 0 Å². The molecule has 0 saturated heterocycles. The van der Waals surface area contributed by atoms with Crippen LogP contribution in [0.5, 0.6) is 0 Å². The van der Waals surface area contributed by atoms with Crippen LogP contribution < -0.4 is 0 Å². The lowest BCUT2D eigenvalue weighted by Crippen LogP contribution is -1.99. The van der Waals surface area contributed by atoms with Crippen molar-refractivity contribution >= 4 is 0 Å². The molecule has 0 fully saturated rings. The van der Waals surface area contributed by atoms with Crippen LogP contribution in [-0.4, -0.2) is 16.8 Å². The lowest BCUT2D eigenvalue weighted by molar-refractivity contribution is -0.755. The minimum atomic E-state index is -0.931. The molecule has 8 heavy (non-hydrogen) atoms. The summed E-state index contributed by atoms with van der Waals surface area (Å²) in [6.07, 6.45) is 1.80. The van der Waals surface area contributed by atoms with Crippen LogP contribution in [0.25, 0.3) is 0 Å².